The lowest BCUT2D eigenvalue weighted by molar-refractivity contribution is 0.0703. The Kier molecular flexibility index (Phi) is 10.6. The number of rotatable bonds is 9. The smallest absolute Gasteiger partial charge is 0.0560 e. The van der Waals surface area contributed by atoms with Crippen molar-refractivity contribution in [3.8, 4) is 0 Å². The van der Waals surface area contributed by atoms with Gasteiger partial charge in [0.25, 0.3) is 0 Å². The minimum Gasteiger partial charge on any atom is -0.378 e. The van der Waals surface area contributed by atoms with Crippen molar-refractivity contribution in [2.24, 2.45) is 0 Å². The van der Waals surface area contributed by atoms with Gasteiger partial charge in [-0.2, -0.15) is 11.8 Å². The summed E-state index contributed by atoms with van der Waals surface area (Å²) in [4.78, 5) is 0. The lowest BCUT2D eigenvalue weighted by atomic mass is 10.1. The summed E-state index contributed by atoms with van der Waals surface area (Å²) in [6, 6.07) is 0. The summed E-state index contributed by atoms with van der Waals surface area (Å²) in [6.45, 7) is 5.35. The van der Waals surface area contributed by atoms with Crippen molar-refractivity contribution in [2.45, 2.75) is 52.1 Å². The number of thioether (sulfide) groups is 1. The van der Waals surface area contributed by atoms with Gasteiger partial charge in [-0.05, 0) is 19.6 Å². The van der Waals surface area contributed by atoms with E-state index in [2.05, 4.69) is 20.1 Å². The Balaban J connectivity index is 3.05. The third-order valence-electron chi connectivity index (χ3n) is 2.15. The molecule has 1 nitrogen and oxygen atoms in total. The highest BCUT2D eigenvalue weighted by Gasteiger charge is 2.00. The number of ether oxygens (including phenoxy) is 1. The van der Waals surface area contributed by atoms with Crippen LogP contribution in [0.4, 0.5) is 0 Å². The van der Waals surface area contributed by atoms with Crippen LogP contribution < -0.4 is 0 Å². The highest BCUT2D eigenvalue weighted by molar-refractivity contribution is 7.98. The molecule has 1 atom stereocenters. The van der Waals surface area contributed by atoms with E-state index in [1.54, 1.807) is 0 Å². The zero-order valence-corrected chi connectivity index (χ0v) is 10.2. The fourth-order valence-electron chi connectivity index (χ4n) is 1.27. The Morgan fingerprint density at radius 3 is 2.62 bits per heavy atom. The Hall–Kier alpha value is 0.310. The van der Waals surface area contributed by atoms with E-state index in [0.717, 1.165) is 12.4 Å². The first-order chi connectivity index (χ1) is 6.31. The van der Waals surface area contributed by atoms with Crippen LogP contribution >= 0.6 is 11.8 Å². The summed E-state index contributed by atoms with van der Waals surface area (Å²) in [6.07, 6.45) is 9.20. The molecular weight excluding hydrogens is 180 g/mol. The predicted molar refractivity (Wildman–Crippen MR) is 62.6 cm³/mol. The van der Waals surface area contributed by atoms with Crippen LogP contribution in [0.2, 0.25) is 0 Å². The van der Waals surface area contributed by atoms with Crippen LogP contribution in [0.1, 0.15) is 46.0 Å². The van der Waals surface area contributed by atoms with Gasteiger partial charge >= 0.3 is 0 Å². The first-order valence-corrected chi connectivity index (χ1v) is 6.81. The van der Waals surface area contributed by atoms with Gasteiger partial charge in [0.1, 0.15) is 0 Å². The average Bonchev–Trinajstić information content (AvgIpc) is 2.13. The Bertz CT molecular complexity index is 96.1. The molecule has 13 heavy (non-hydrogen) atoms. The van der Waals surface area contributed by atoms with Gasteiger partial charge in [0, 0.05) is 5.75 Å². The van der Waals surface area contributed by atoms with Gasteiger partial charge in [-0.1, -0.05) is 32.6 Å². The molecule has 0 heterocycles. The van der Waals surface area contributed by atoms with Crippen LogP contribution in [-0.4, -0.2) is 24.7 Å². The first kappa shape index (κ1) is 13.3. The van der Waals surface area contributed by atoms with Gasteiger partial charge in [0.05, 0.1) is 12.7 Å². The molecule has 0 spiro atoms. The molecule has 0 radical (unpaired) electrons. The molecular formula is C11H24OS. The van der Waals surface area contributed by atoms with Crippen LogP contribution in [0.3, 0.4) is 0 Å². The second kappa shape index (κ2) is 10.4. The topological polar surface area (TPSA) is 9.23 Å². The highest BCUT2D eigenvalue weighted by Crippen LogP contribution is 2.08. The Labute approximate surface area is 87.6 Å². The van der Waals surface area contributed by atoms with E-state index in [9.17, 15) is 0 Å². The zero-order valence-electron chi connectivity index (χ0n) is 9.34. The van der Waals surface area contributed by atoms with Crippen molar-refractivity contribution in [2.75, 3.05) is 18.6 Å². The van der Waals surface area contributed by atoms with Crippen LogP contribution in [0.25, 0.3) is 0 Å². The van der Waals surface area contributed by atoms with Crippen LogP contribution in [0.15, 0.2) is 0 Å². The van der Waals surface area contributed by atoms with Crippen molar-refractivity contribution >= 4 is 11.8 Å². The minimum absolute atomic E-state index is 0.462. The lowest BCUT2D eigenvalue weighted by Crippen LogP contribution is -2.10. The summed E-state index contributed by atoms with van der Waals surface area (Å²) in [5, 5.41) is 0. The molecule has 0 aromatic rings. The van der Waals surface area contributed by atoms with Gasteiger partial charge in [-0.15, -0.1) is 0 Å². The van der Waals surface area contributed by atoms with Gasteiger partial charge in [-0.25, -0.2) is 0 Å². The molecule has 0 aliphatic rings. The maximum Gasteiger partial charge on any atom is 0.0560 e. The molecule has 0 bridgehead atoms. The third kappa shape index (κ3) is 10.2. The van der Waals surface area contributed by atoms with Crippen LogP contribution in [0.5, 0.6) is 0 Å². The normalized spacial score (nSPS) is 13.2. The van der Waals surface area contributed by atoms with Crippen molar-refractivity contribution in [3.05, 3.63) is 0 Å². The molecule has 80 valence electrons. The van der Waals surface area contributed by atoms with Gasteiger partial charge in [0.15, 0.2) is 0 Å². The maximum atomic E-state index is 5.64. The fraction of sp³-hybridized carbons (Fsp3) is 1.00. The molecule has 0 fully saturated rings. The summed E-state index contributed by atoms with van der Waals surface area (Å²) in [5.41, 5.74) is 0. The van der Waals surface area contributed by atoms with Crippen LogP contribution in [-0.2, 0) is 4.74 Å². The van der Waals surface area contributed by atoms with Gasteiger partial charge in [-0.3, -0.25) is 0 Å². The number of unbranched alkanes of at least 4 members (excludes halogenated alkanes) is 3. The minimum atomic E-state index is 0.462. The molecule has 1 unspecified atom stereocenters. The fourth-order valence-corrected chi connectivity index (χ4v) is 1.54. The van der Waals surface area contributed by atoms with E-state index in [-0.39, 0.29) is 0 Å². The molecule has 2 heteroatoms. The molecule has 0 saturated heterocycles. The van der Waals surface area contributed by atoms with E-state index in [4.69, 9.17) is 4.74 Å². The second-order valence-electron chi connectivity index (χ2n) is 3.52. The molecule has 0 saturated carbocycles. The molecule has 0 rings (SSSR count). The predicted octanol–water partition coefficient (Wildman–Crippen LogP) is 3.72. The van der Waals surface area contributed by atoms with Crippen molar-refractivity contribution in [1.82, 2.24) is 0 Å². The van der Waals surface area contributed by atoms with Crippen molar-refractivity contribution in [1.29, 1.82) is 0 Å². The van der Waals surface area contributed by atoms with E-state index >= 15 is 0 Å². The molecule has 0 aliphatic carbocycles. The first-order valence-electron chi connectivity index (χ1n) is 5.41. The summed E-state index contributed by atoms with van der Waals surface area (Å²) >= 11 is 1.85. The number of hydrogen-bond acceptors (Lipinski definition) is 2. The SMILES string of the molecule is CCCCCCC(C)OCCSC. The van der Waals surface area contributed by atoms with E-state index in [1.165, 1.54) is 32.1 Å². The van der Waals surface area contributed by atoms with E-state index in [1.807, 2.05) is 11.8 Å². The van der Waals surface area contributed by atoms with Crippen molar-refractivity contribution in [3.63, 3.8) is 0 Å². The largest absolute Gasteiger partial charge is 0.378 e. The highest BCUT2D eigenvalue weighted by atomic mass is 32.2. The quantitative estimate of drug-likeness (QED) is 0.529. The standard InChI is InChI=1S/C11H24OS/c1-4-5-6-7-8-11(2)12-9-10-13-3/h11H,4-10H2,1-3H3. The summed E-state index contributed by atoms with van der Waals surface area (Å²) in [7, 11) is 0. The molecule has 0 aromatic heterocycles. The molecule has 0 aliphatic heterocycles. The third-order valence-corrected chi connectivity index (χ3v) is 2.73. The van der Waals surface area contributed by atoms with E-state index in [0.29, 0.717) is 6.10 Å². The molecule has 0 amide bonds. The zero-order chi connectivity index (χ0) is 9.94. The van der Waals surface area contributed by atoms with Gasteiger partial charge in [0.2, 0.25) is 0 Å². The molecule has 0 aromatic carbocycles. The maximum absolute atomic E-state index is 5.64. The second-order valence-corrected chi connectivity index (χ2v) is 4.51. The Morgan fingerprint density at radius 1 is 1.23 bits per heavy atom. The number of hydrogen-bond donors (Lipinski definition) is 0. The van der Waals surface area contributed by atoms with Gasteiger partial charge < -0.3 is 4.74 Å². The summed E-state index contributed by atoms with van der Waals surface area (Å²) < 4.78 is 5.64. The van der Waals surface area contributed by atoms with E-state index < -0.39 is 0 Å². The lowest BCUT2D eigenvalue weighted by Gasteiger charge is -2.11. The average molecular weight is 204 g/mol. The Morgan fingerprint density at radius 2 is 2.00 bits per heavy atom. The monoisotopic (exact) mass is 204 g/mol. The molecule has 0 N–H and O–H groups in total. The van der Waals surface area contributed by atoms with Crippen molar-refractivity contribution < 1.29 is 4.74 Å². The van der Waals surface area contributed by atoms with Crippen LogP contribution in [0, 0.1) is 0 Å². The summed E-state index contributed by atoms with van der Waals surface area (Å²) in [5.74, 6) is 1.12.